The van der Waals surface area contributed by atoms with Gasteiger partial charge in [-0.15, -0.1) is 0 Å². The van der Waals surface area contributed by atoms with Gasteiger partial charge < -0.3 is 5.32 Å². The predicted octanol–water partition coefficient (Wildman–Crippen LogP) is 4.06. The molecule has 0 spiro atoms. The van der Waals surface area contributed by atoms with Crippen molar-refractivity contribution in [2.45, 2.75) is 6.92 Å². The van der Waals surface area contributed by atoms with Crippen LogP contribution in [0, 0.1) is 6.92 Å². The molecule has 5 nitrogen and oxygen atoms in total. The van der Waals surface area contributed by atoms with Crippen molar-refractivity contribution in [3.63, 3.8) is 0 Å². The Bertz CT molecular complexity index is 795. The molecule has 0 atom stereocenters. The van der Waals surface area contributed by atoms with Crippen LogP contribution in [0.1, 0.15) is 15.9 Å². The molecule has 0 bridgehead atoms. The van der Waals surface area contributed by atoms with Crippen LogP contribution in [0.25, 0.3) is 11.3 Å². The summed E-state index contributed by atoms with van der Waals surface area (Å²) in [7, 11) is 0. The largest absolute Gasteiger partial charge is 0.302 e. The molecule has 6 heteroatoms. The standard InChI is InChI=1S/C16H12BrN3O2/c1-10-2-4-12(5-3-10)16(21)18-15-14(19-22-20-15)11-6-8-13(17)9-7-11/h2-9H,1H3,(H,18,20,21). The third kappa shape index (κ3) is 3.07. The zero-order valence-electron chi connectivity index (χ0n) is 11.7. The normalized spacial score (nSPS) is 10.5. The van der Waals surface area contributed by atoms with Gasteiger partial charge in [0, 0.05) is 15.6 Å². The summed E-state index contributed by atoms with van der Waals surface area (Å²) < 4.78 is 5.72. The second-order valence-electron chi connectivity index (χ2n) is 4.79. The Morgan fingerprint density at radius 3 is 2.41 bits per heavy atom. The number of anilines is 1. The fraction of sp³-hybridized carbons (Fsp3) is 0.0625. The first-order chi connectivity index (χ1) is 10.6. The van der Waals surface area contributed by atoms with Crippen LogP contribution in [0.5, 0.6) is 0 Å². The minimum atomic E-state index is -0.255. The molecule has 1 amide bonds. The Morgan fingerprint density at radius 2 is 1.73 bits per heavy atom. The second kappa shape index (κ2) is 6.11. The van der Waals surface area contributed by atoms with Crippen molar-refractivity contribution in [2.75, 3.05) is 5.32 Å². The monoisotopic (exact) mass is 357 g/mol. The number of aromatic nitrogens is 2. The van der Waals surface area contributed by atoms with Gasteiger partial charge in [-0.25, -0.2) is 4.63 Å². The molecule has 0 aliphatic heterocycles. The number of carbonyl (C=O) groups is 1. The number of hydrogen-bond acceptors (Lipinski definition) is 4. The summed E-state index contributed by atoms with van der Waals surface area (Å²) in [5.74, 6) is 0.0435. The highest BCUT2D eigenvalue weighted by Crippen LogP contribution is 2.26. The van der Waals surface area contributed by atoms with E-state index in [0.717, 1.165) is 15.6 Å². The van der Waals surface area contributed by atoms with Gasteiger partial charge >= 0.3 is 0 Å². The van der Waals surface area contributed by atoms with Crippen LogP contribution in [0.4, 0.5) is 5.82 Å². The van der Waals surface area contributed by atoms with Gasteiger partial charge in [0.05, 0.1) is 0 Å². The van der Waals surface area contributed by atoms with Gasteiger partial charge in [-0.1, -0.05) is 45.8 Å². The molecule has 0 aliphatic rings. The highest BCUT2D eigenvalue weighted by atomic mass is 79.9. The van der Waals surface area contributed by atoms with E-state index in [1.807, 2.05) is 43.3 Å². The number of aryl methyl sites for hydroxylation is 1. The number of nitrogens with one attached hydrogen (secondary N) is 1. The lowest BCUT2D eigenvalue weighted by atomic mass is 10.1. The van der Waals surface area contributed by atoms with Crippen molar-refractivity contribution in [3.05, 3.63) is 64.1 Å². The number of amides is 1. The van der Waals surface area contributed by atoms with Crippen molar-refractivity contribution in [1.82, 2.24) is 10.3 Å². The number of benzene rings is 2. The molecule has 110 valence electrons. The number of halogens is 1. The van der Waals surface area contributed by atoms with Crippen LogP contribution >= 0.6 is 15.9 Å². The first-order valence-corrected chi connectivity index (χ1v) is 7.39. The molecule has 1 aromatic heterocycles. The highest BCUT2D eigenvalue weighted by molar-refractivity contribution is 9.10. The van der Waals surface area contributed by atoms with Gasteiger partial charge in [-0.05, 0) is 41.5 Å². The maximum Gasteiger partial charge on any atom is 0.256 e. The maximum absolute atomic E-state index is 12.2. The zero-order chi connectivity index (χ0) is 15.5. The van der Waals surface area contributed by atoms with Crippen LogP contribution in [0.3, 0.4) is 0 Å². The van der Waals surface area contributed by atoms with E-state index in [9.17, 15) is 4.79 Å². The van der Waals surface area contributed by atoms with E-state index >= 15 is 0 Å². The van der Waals surface area contributed by atoms with Gasteiger partial charge in [0.2, 0.25) is 5.82 Å². The summed E-state index contributed by atoms with van der Waals surface area (Å²) in [4.78, 5) is 12.2. The number of nitrogens with zero attached hydrogens (tertiary/aromatic N) is 2. The molecule has 1 heterocycles. The smallest absolute Gasteiger partial charge is 0.256 e. The van der Waals surface area contributed by atoms with E-state index in [0.29, 0.717) is 17.1 Å². The van der Waals surface area contributed by atoms with Crippen LogP contribution in [0.2, 0.25) is 0 Å². The summed E-state index contributed by atoms with van der Waals surface area (Å²) in [5, 5.41) is 10.4. The van der Waals surface area contributed by atoms with Crippen LogP contribution < -0.4 is 5.32 Å². The van der Waals surface area contributed by atoms with E-state index < -0.39 is 0 Å². The van der Waals surface area contributed by atoms with Gasteiger partial charge in [0.15, 0.2) is 5.69 Å². The van der Waals surface area contributed by atoms with Crippen molar-refractivity contribution >= 4 is 27.7 Å². The Balaban J connectivity index is 1.84. The predicted molar refractivity (Wildman–Crippen MR) is 86.6 cm³/mol. The lowest BCUT2D eigenvalue weighted by Crippen LogP contribution is -2.12. The molecule has 22 heavy (non-hydrogen) atoms. The Kier molecular flexibility index (Phi) is 4.02. The average Bonchev–Trinajstić information content (AvgIpc) is 2.97. The average molecular weight is 358 g/mol. The van der Waals surface area contributed by atoms with Gasteiger partial charge in [-0.3, -0.25) is 4.79 Å². The highest BCUT2D eigenvalue weighted by Gasteiger charge is 2.15. The Labute approximate surface area is 135 Å². The molecule has 0 radical (unpaired) electrons. The Morgan fingerprint density at radius 1 is 1.05 bits per heavy atom. The molecule has 0 unspecified atom stereocenters. The van der Waals surface area contributed by atoms with Crippen molar-refractivity contribution in [3.8, 4) is 11.3 Å². The third-order valence-electron chi connectivity index (χ3n) is 3.15. The molecule has 3 aromatic rings. The first kappa shape index (κ1) is 14.5. The van der Waals surface area contributed by atoms with Crippen LogP contribution in [-0.2, 0) is 0 Å². The Hall–Kier alpha value is -2.47. The van der Waals surface area contributed by atoms with Crippen molar-refractivity contribution in [1.29, 1.82) is 0 Å². The molecular formula is C16H12BrN3O2. The molecular weight excluding hydrogens is 346 g/mol. The molecule has 0 saturated heterocycles. The minimum Gasteiger partial charge on any atom is -0.302 e. The first-order valence-electron chi connectivity index (χ1n) is 6.60. The fourth-order valence-electron chi connectivity index (χ4n) is 1.95. The SMILES string of the molecule is Cc1ccc(C(=O)Nc2nonc2-c2ccc(Br)cc2)cc1. The molecule has 1 N–H and O–H groups in total. The maximum atomic E-state index is 12.2. The fourth-order valence-corrected chi connectivity index (χ4v) is 2.22. The summed E-state index contributed by atoms with van der Waals surface area (Å²) >= 11 is 3.37. The van der Waals surface area contributed by atoms with Crippen molar-refractivity contribution < 1.29 is 9.42 Å². The van der Waals surface area contributed by atoms with Crippen molar-refractivity contribution in [2.24, 2.45) is 0 Å². The minimum absolute atomic E-state index is 0.255. The van der Waals surface area contributed by atoms with Crippen LogP contribution in [0.15, 0.2) is 57.6 Å². The van der Waals surface area contributed by atoms with E-state index in [1.54, 1.807) is 12.1 Å². The summed E-state index contributed by atoms with van der Waals surface area (Å²) in [6.07, 6.45) is 0. The van der Waals surface area contributed by atoms with Crippen LogP contribution in [-0.4, -0.2) is 16.2 Å². The molecule has 0 aliphatic carbocycles. The summed E-state index contributed by atoms with van der Waals surface area (Å²) in [5.41, 5.74) is 2.95. The molecule has 0 fully saturated rings. The topological polar surface area (TPSA) is 68.0 Å². The molecule has 2 aromatic carbocycles. The number of carbonyl (C=O) groups excluding carboxylic acids is 1. The zero-order valence-corrected chi connectivity index (χ0v) is 13.3. The second-order valence-corrected chi connectivity index (χ2v) is 5.70. The summed E-state index contributed by atoms with van der Waals surface area (Å²) in [6, 6.07) is 14.8. The summed E-state index contributed by atoms with van der Waals surface area (Å²) in [6.45, 7) is 1.97. The van der Waals surface area contributed by atoms with Gasteiger partial charge in [-0.2, -0.15) is 0 Å². The number of hydrogen-bond donors (Lipinski definition) is 1. The van der Waals surface area contributed by atoms with E-state index in [2.05, 4.69) is 31.6 Å². The quantitative estimate of drug-likeness (QED) is 0.767. The lowest BCUT2D eigenvalue weighted by molar-refractivity contribution is 0.102. The molecule has 0 saturated carbocycles. The molecule has 3 rings (SSSR count). The van der Waals surface area contributed by atoms with E-state index in [-0.39, 0.29) is 5.91 Å². The van der Waals surface area contributed by atoms with Gasteiger partial charge in [0.25, 0.3) is 5.91 Å². The third-order valence-corrected chi connectivity index (χ3v) is 3.68. The van der Waals surface area contributed by atoms with Gasteiger partial charge in [0.1, 0.15) is 0 Å². The number of rotatable bonds is 3. The lowest BCUT2D eigenvalue weighted by Gasteiger charge is -2.04. The van der Waals surface area contributed by atoms with E-state index in [4.69, 9.17) is 4.63 Å². The van der Waals surface area contributed by atoms with E-state index in [1.165, 1.54) is 0 Å².